The molecule has 0 radical (unpaired) electrons. The minimum absolute atomic E-state index is 0.0397. The molecule has 1 heterocycles. The lowest BCUT2D eigenvalue weighted by molar-refractivity contribution is -0.213. The Labute approximate surface area is 143 Å². The summed E-state index contributed by atoms with van der Waals surface area (Å²) < 4.78 is 31.0. The molecule has 5 heteroatoms. The van der Waals surface area contributed by atoms with Crippen LogP contribution in [0.2, 0.25) is 0 Å². The lowest BCUT2D eigenvalue weighted by Gasteiger charge is -2.56. The quantitative estimate of drug-likeness (QED) is 0.825. The van der Waals surface area contributed by atoms with Crippen molar-refractivity contribution < 1.29 is 18.6 Å². The molecule has 1 aromatic rings. The molecule has 3 rings (SSSR count). The maximum atomic E-state index is 13.3. The van der Waals surface area contributed by atoms with Crippen molar-refractivity contribution in [3.05, 3.63) is 30.1 Å². The van der Waals surface area contributed by atoms with Crippen molar-refractivity contribution in [1.29, 1.82) is 0 Å². The molecule has 1 aliphatic heterocycles. The molecule has 134 valence electrons. The van der Waals surface area contributed by atoms with E-state index in [1.807, 2.05) is 12.1 Å². The van der Waals surface area contributed by atoms with Crippen molar-refractivity contribution in [2.45, 2.75) is 43.4 Å². The first-order valence-corrected chi connectivity index (χ1v) is 8.76. The number of hydrogen-bond donors (Lipinski definition) is 0. The molecule has 2 aliphatic rings. The van der Waals surface area contributed by atoms with Crippen LogP contribution >= 0.6 is 0 Å². The number of ether oxygens (including phenoxy) is 3. The van der Waals surface area contributed by atoms with Crippen molar-refractivity contribution in [2.75, 3.05) is 39.4 Å². The van der Waals surface area contributed by atoms with Gasteiger partial charge in [-0.15, -0.1) is 0 Å². The van der Waals surface area contributed by atoms with Gasteiger partial charge in [-0.25, -0.2) is 4.39 Å². The molecule has 4 unspecified atom stereocenters. The zero-order valence-electron chi connectivity index (χ0n) is 14.8. The smallest absolute Gasteiger partial charge is 0.123 e. The molecule has 1 saturated heterocycles. The monoisotopic (exact) mass is 337 g/mol. The Hall–Kier alpha value is -1.17. The lowest BCUT2D eigenvalue weighted by Crippen LogP contribution is -2.67. The summed E-state index contributed by atoms with van der Waals surface area (Å²) in [5, 5.41) is 0. The van der Waals surface area contributed by atoms with Crippen molar-refractivity contribution in [2.24, 2.45) is 5.92 Å². The first-order valence-electron chi connectivity index (χ1n) is 8.76. The van der Waals surface area contributed by atoms with Crippen LogP contribution < -0.4 is 4.90 Å². The first kappa shape index (κ1) is 17.6. The lowest BCUT2D eigenvalue weighted by atomic mass is 9.68. The van der Waals surface area contributed by atoms with Gasteiger partial charge in [0.25, 0.3) is 0 Å². The predicted octanol–water partition coefficient (Wildman–Crippen LogP) is 3.25. The summed E-state index contributed by atoms with van der Waals surface area (Å²) in [6, 6.07) is 6.89. The van der Waals surface area contributed by atoms with Crippen molar-refractivity contribution >= 4 is 5.69 Å². The Morgan fingerprint density at radius 2 is 2.00 bits per heavy atom. The summed E-state index contributed by atoms with van der Waals surface area (Å²) in [6.07, 6.45) is 4.07. The Kier molecular flexibility index (Phi) is 5.42. The molecule has 0 aromatic heterocycles. The average Bonchev–Trinajstić information content (AvgIpc) is 2.62. The summed E-state index contributed by atoms with van der Waals surface area (Å²) >= 11 is 0. The fraction of sp³-hybridized carbons (Fsp3) is 0.684. The third-order valence-electron chi connectivity index (χ3n) is 5.76. The van der Waals surface area contributed by atoms with E-state index in [0.717, 1.165) is 38.0 Å². The maximum absolute atomic E-state index is 13.3. The van der Waals surface area contributed by atoms with Crippen LogP contribution in [0.3, 0.4) is 0 Å². The number of fused-ring (bicyclic) bond motifs is 1. The molecule has 0 spiro atoms. The number of hydrogen-bond acceptors (Lipinski definition) is 4. The predicted molar refractivity (Wildman–Crippen MR) is 91.9 cm³/mol. The minimum Gasteiger partial charge on any atom is -0.384 e. The summed E-state index contributed by atoms with van der Waals surface area (Å²) in [5.74, 6) is 0.143. The SMILES string of the molecule is COCC1CCC(N(C)c2ccc(F)cc2)C2(OC)CCCOC12. The summed E-state index contributed by atoms with van der Waals surface area (Å²) in [4.78, 5) is 2.23. The van der Waals surface area contributed by atoms with E-state index in [-0.39, 0.29) is 23.6 Å². The molecule has 0 amide bonds. The zero-order chi connectivity index (χ0) is 17.2. The summed E-state index contributed by atoms with van der Waals surface area (Å²) in [7, 11) is 5.61. The van der Waals surface area contributed by atoms with Gasteiger partial charge in [-0.05, 0) is 49.9 Å². The second kappa shape index (κ2) is 7.38. The topological polar surface area (TPSA) is 30.9 Å². The standard InChI is InChI=1S/C19H28FNO3/c1-21(16-8-6-15(20)7-9-16)17-10-5-14(13-22-2)18-19(17,23-3)11-4-12-24-18/h6-9,14,17-18H,4-5,10-13H2,1-3H3. The fourth-order valence-electron chi connectivity index (χ4n) is 4.62. The van der Waals surface area contributed by atoms with Gasteiger partial charge in [0.1, 0.15) is 11.4 Å². The number of nitrogens with zero attached hydrogens (tertiary/aromatic N) is 1. The fourth-order valence-corrected chi connectivity index (χ4v) is 4.62. The molecule has 4 nitrogen and oxygen atoms in total. The normalized spacial score (nSPS) is 33.1. The number of methoxy groups -OCH3 is 2. The van der Waals surface area contributed by atoms with E-state index >= 15 is 0 Å². The van der Waals surface area contributed by atoms with E-state index in [1.165, 1.54) is 12.1 Å². The van der Waals surface area contributed by atoms with Crippen LogP contribution in [0, 0.1) is 11.7 Å². The number of rotatable bonds is 5. The van der Waals surface area contributed by atoms with Gasteiger partial charge in [0.05, 0.1) is 18.8 Å². The van der Waals surface area contributed by atoms with Crippen LogP contribution in [0.25, 0.3) is 0 Å². The van der Waals surface area contributed by atoms with Crippen molar-refractivity contribution in [3.8, 4) is 0 Å². The molecule has 2 fully saturated rings. The molecule has 0 N–H and O–H groups in total. The van der Waals surface area contributed by atoms with Gasteiger partial charge in [0, 0.05) is 39.5 Å². The minimum atomic E-state index is -0.344. The van der Waals surface area contributed by atoms with E-state index in [4.69, 9.17) is 14.2 Å². The van der Waals surface area contributed by atoms with Crippen LogP contribution in [0.15, 0.2) is 24.3 Å². The Morgan fingerprint density at radius 3 is 2.67 bits per heavy atom. The Morgan fingerprint density at radius 1 is 1.25 bits per heavy atom. The highest BCUT2D eigenvalue weighted by atomic mass is 19.1. The van der Waals surface area contributed by atoms with Crippen molar-refractivity contribution in [3.63, 3.8) is 0 Å². The number of benzene rings is 1. The van der Waals surface area contributed by atoms with E-state index < -0.39 is 0 Å². The van der Waals surface area contributed by atoms with E-state index in [9.17, 15) is 4.39 Å². The van der Waals surface area contributed by atoms with Gasteiger partial charge < -0.3 is 19.1 Å². The Balaban J connectivity index is 1.90. The average molecular weight is 337 g/mol. The molecule has 1 aliphatic carbocycles. The van der Waals surface area contributed by atoms with Crippen LogP contribution in [0.4, 0.5) is 10.1 Å². The largest absolute Gasteiger partial charge is 0.384 e. The second-order valence-electron chi connectivity index (χ2n) is 6.95. The van der Waals surface area contributed by atoms with E-state index in [2.05, 4.69) is 11.9 Å². The third kappa shape index (κ3) is 3.05. The zero-order valence-corrected chi connectivity index (χ0v) is 14.8. The second-order valence-corrected chi connectivity index (χ2v) is 6.95. The van der Waals surface area contributed by atoms with Gasteiger partial charge in [-0.2, -0.15) is 0 Å². The van der Waals surface area contributed by atoms with Gasteiger partial charge >= 0.3 is 0 Å². The molecule has 1 saturated carbocycles. The molecule has 1 aromatic carbocycles. The summed E-state index contributed by atoms with van der Waals surface area (Å²) in [6.45, 7) is 1.48. The number of halogens is 1. The van der Waals surface area contributed by atoms with E-state index in [0.29, 0.717) is 12.5 Å². The highest BCUT2D eigenvalue weighted by Gasteiger charge is 2.55. The van der Waals surface area contributed by atoms with Crippen LogP contribution in [0.1, 0.15) is 25.7 Å². The molecule has 24 heavy (non-hydrogen) atoms. The van der Waals surface area contributed by atoms with E-state index in [1.54, 1.807) is 14.2 Å². The van der Waals surface area contributed by atoms with Gasteiger partial charge in [0.15, 0.2) is 0 Å². The van der Waals surface area contributed by atoms with Gasteiger partial charge in [-0.3, -0.25) is 0 Å². The number of likely N-dealkylation sites (N-methyl/N-ethyl adjacent to an activating group) is 1. The van der Waals surface area contributed by atoms with Crippen molar-refractivity contribution in [1.82, 2.24) is 0 Å². The maximum Gasteiger partial charge on any atom is 0.123 e. The molecule has 0 bridgehead atoms. The van der Waals surface area contributed by atoms with Gasteiger partial charge in [0.2, 0.25) is 0 Å². The highest BCUT2D eigenvalue weighted by Crippen LogP contribution is 2.45. The molecular formula is C19H28FNO3. The first-order chi connectivity index (χ1) is 11.6. The highest BCUT2D eigenvalue weighted by molar-refractivity contribution is 5.47. The van der Waals surface area contributed by atoms with Gasteiger partial charge in [-0.1, -0.05) is 0 Å². The number of anilines is 1. The summed E-state index contributed by atoms with van der Waals surface area (Å²) in [5.41, 5.74) is 0.662. The molecule has 4 atom stereocenters. The molecular weight excluding hydrogens is 309 g/mol. The Bertz CT molecular complexity index is 538. The van der Waals surface area contributed by atoms with Crippen LogP contribution in [-0.2, 0) is 14.2 Å². The third-order valence-corrected chi connectivity index (χ3v) is 5.76. The van der Waals surface area contributed by atoms with Crippen LogP contribution in [-0.4, -0.2) is 52.2 Å². The van der Waals surface area contributed by atoms with Crippen LogP contribution in [0.5, 0.6) is 0 Å².